The average Bonchev–Trinajstić information content (AvgIpc) is 1.52. The Morgan fingerprint density at radius 1 is 0.598 bits per heavy atom. The molecular formula is C71H83N3O12Si. The molecule has 0 amide bonds. The number of ketones is 1. The van der Waals surface area contributed by atoms with Crippen LogP contribution < -0.4 is 10.4 Å². The number of esters is 1. The summed E-state index contributed by atoms with van der Waals surface area (Å²) in [6.07, 6.45) is -7.99. The Morgan fingerprint density at radius 2 is 1.03 bits per heavy atom. The van der Waals surface area contributed by atoms with Gasteiger partial charge in [-0.2, -0.15) is 0 Å². The maximum atomic E-state index is 14.3. The zero-order valence-electron chi connectivity index (χ0n) is 51.1. The summed E-state index contributed by atoms with van der Waals surface area (Å²) in [6, 6.07) is 58.8. The van der Waals surface area contributed by atoms with Crippen molar-refractivity contribution in [1.29, 1.82) is 0 Å². The van der Waals surface area contributed by atoms with Gasteiger partial charge in [-0.25, -0.2) is 0 Å². The topological polar surface area (TPSA) is 175 Å². The van der Waals surface area contributed by atoms with Crippen LogP contribution in [-0.2, 0) is 83.1 Å². The fourth-order valence-electron chi connectivity index (χ4n) is 14.5. The molecule has 1 spiro atoms. The van der Waals surface area contributed by atoms with E-state index in [0.717, 1.165) is 45.5 Å². The molecule has 1 unspecified atom stereocenters. The molecular weight excluding hydrogens is 1110 g/mol. The van der Waals surface area contributed by atoms with Crippen LogP contribution in [0.2, 0.25) is 5.04 Å². The third kappa shape index (κ3) is 12.8. The molecule has 0 aromatic heterocycles. The molecule has 2 saturated heterocycles. The first-order chi connectivity index (χ1) is 42.0. The molecule has 458 valence electrons. The van der Waals surface area contributed by atoms with E-state index in [2.05, 4.69) is 75.8 Å². The largest absolute Gasteiger partial charge is 0.457 e. The number of carbonyl (C=O) groups is 2. The number of carbonyl (C=O) groups excluding carboxylic acids is 2. The minimum atomic E-state index is -3.34. The molecule has 15 nitrogen and oxygen atoms in total. The molecule has 3 saturated carbocycles. The fraction of sp³-hybridized carbons (Fsp3) is 0.465. The molecule has 5 aliphatic rings. The van der Waals surface area contributed by atoms with Crippen molar-refractivity contribution in [2.45, 2.75) is 185 Å². The van der Waals surface area contributed by atoms with Crippen molar-refractivity contribution in [3.8, 4) is 0 Å². The summed E-state index contributed by atoms with van der Waals surface area (Å²) < 4.78 is 73.6. The highest BCUT2D eigenvalue weighted by atomic mass is 28.4. The predicted molar refractivity (Wildman–Crippen MR) is 332 cm³/mol. The van der Waals surface area contributed by atoms with Crippen molar-refractivity contribution in [3.63, 3.8) is 0 Å². The number of nitrogens with zero attached hydrogens (tertiary/aromatic N) is 3. The van der Waals surface area contributed by atoms with E-state index < -0.39 is 97.8 Å². The first kappa shape index (κ1) is 62.2. The van der Waals surface area contributed by atoms with Crippen LogP contribution in [0.3, 0.4) is 0 Å². The third-order valence-corrected chi connectivity index (χ3v) is 24.5. The molecule has 11 rings (SSSR count). The van der Waals surface area contributed by atoms with Crippen molar-refractivity contribution < 1.29 is 56.6 Å². The summed E-state index contributed by atoms with van der Waals surface area (Å²) in [5, 5.41) is 6.07. The molecule has 2 aliphatic heterocycles. The normalized spacial score (nSPS) is 29.9. The second kappa shape index (κ2) is 26.8. The van der Waals surface area contributed by atoms with E-state index in [0.29, 0.717) is 12.3 Å². The second-order valence-electron chi connectivity index (χ2n) is 25.9. The lowest BCUT2D eigenvalue weighted by Gasteiger charge is -2.50. The predicted octanol–water partition coefficient (Wildman–Crippen LogP) is 12.3. The molecule has 0 N–H and O–H groups in total. The Labute approximate surface area is 513 Å². The van der Waals surface area contributed by atoms with Crippen LogP contribution in [-0.4, -0.2) is 99.7 Å². The van der Waals surface area contributed by atoms with Crippen LogP contribution in [0.15, 0.2) is 187 Å². The quantitative estimate of drug-likeness (QED) is 0.0185. The van der Waals surface area contributed by atoms with Crippen LogP contribution in [0, 0.1) is 16.7 Å². The maximum Gasteiger partial charge on any atom is 0.306 e. The molecule has 14 atom stereocenters. The molecule has 2 heterocycles. The average molecular weight is 1200 g/mol. The Bertz CT molecular complexity index is 3230. The van der Waals surface area contributed by atoms with Crippen LogP contribution in [0.1, 0.15) is 103 Å². The zero-order chi connectivity index (χ0) is 60.8. The number of hydrogen-bond donors (Lipinski definition) is 0. The highest BCUT2D eigenvalue weighted by Gasteiger charge is 2.76. The van der Waals surface area contributed by atoms with Gasteiger partial charge in [-0.3, -0.25) is 4.79 Å². The Balaban J connectivity index is 1.06. The van der Waals surface area contributed by atoms with Gasteiger partial charge < -0.3 is 51.9 Å². The van der Waals surface area contributed by atoms with E-state index in [4.69, 9.17) is 47.1 Å². The third-order valence-electron chi connectivity index (χ3n) is 19.4. The van der Waals surface area contributed by atoms with Crippen molar-refractivity contribution in [2.75, 3.05) is 6.61 Å². The smallest absolute Gasteiger partial charge is 0.306 e. The SMILES string of the molecule is CC(=O)CCC(=O)O[C@H]1[C@H](OCc2ccccc2)[C@@H](N=[N+]=[N-])[C@@H](O[C@@H]2[C@@H](OCc3ccccc3)[C@H](OCc3ccccc3)[C@@H](OCc3ccccc3)[C@H]3OC4(C[C@@H]5CC[C@@]4(C)C5(C)C)O[C@@H]23)O[C@@H]1CO[Si](c1ccccc1)(c1ccccc1)C(C)(C)C. The van der Waals surface area contributed by atoms with Gasteiger partial charge in [-0.15, -0.1) is 0 Å². The van der Waals surface area contributed by atoms with Gasteiger partial charge in [0.25, 0.3) is 8.32 Å². The first-order valence-corrected chi connectivity index (χ1v) is 32.7. The minimum absolute atomic E-state index is 0.0290. The van der Waals surface area contributed by atoms with Crippen LogP contribution >= 0.6 is 0 Å². The molecule has 6 aromatic carbocycles. The summed E-state index contributed by atoms with van der Waals surface area (Å²) in [5.41, 5.74) is 13.9. The summed E-state index contributed by atoms with van der Waals surface area (Å²) in [5.74, 6) is -1.58. The lowest BCUT2D eigenvalue weighted by atomic mass is 9.68. The number of rotatable bonds is 24. The molecule has 87 heavy (non-hydrogen) atoms. The first-order valence-electron chi connectivity index (χ1n) is 30.8. The van der Waals surface area contributed by atoms with Gasteiger partial charge in [-0.1, -0.05) is 229 Å². The number of Topliss-reactive ketones (excluding diaryl/α,β-unsaturated/α-hetero) is 1. The summed E-state index contributed by atoms with van der Waals surface area (Å²) in [4.78, 5) is 30.2. The van der Waals surface area contributed by atoms with Gasteiger partial charge in [0, 0.05) is 23.2 Å². The Hall–Kier alpha value is -6.37. The van der Waals surface area contributed by atoms with Gasteiger partial charge in [0.15, 0.2) is 18.2 Å². The molecule has 2 bridgehead atoms. The maximum absolute atomic E-state index is 14.3. The van der Waals surface area contributed by atoms with E-state index >= 15 is 0 Å². The summed E-state index contributed by atoms with van der Waals surface area (Å²) in [6.45, 7) is 15.4. The zero-order valence-corrected chi connectivity index (χ0v) is 52.1. The summed E-state index contributed by atoms with van der Waals surface area (Å²) in [7, 11) is -3.34. The highest BCUT2D eigenvalue weighted by Crippen LogP contribution is 2.73. The van der Waals surface area contributed by atoms with Crippen LogP contribution in [0.25, 0.3) is 10.4 Å². The number of azide groups is 1. The van der Waals surface area contributed by atoms with Gasteiger partial charge >= 0.3 is 5.97 Å². The number of ether oxygens (including phenoxy) is 9. The van der Waals surface area contributed by atoms with Gasteiger partial charge in [0.2, 0.25) is 0 Å². The molecule has 6 aromatic rings. The van der Waals surface area contributed by atoms with Crippen LogP contribution in [0.5, 0.6) is 0 Å². The second-order valence-corrected chi connectivity index (χ2v) is 30.2. The van der Waals surface area contributed by atoms with E-state index in [1.165, 1.54) is 6.92 Å². The van der Waals surface area contributed by atoms with E-state index in [1.54, 1.807) is 0 Å². The van der Waals surface area contributed by atoms with Gasteiger partial charge in [0.05, 0.1) is 39.5 Å². The van der Waals surface area contributed by atoms with Crippen LogP contribution in [0.4, 0.5) is 0 Å². The molecule has 5 fully saturated rings. The fourth-order valence-corrected chi connectivity index (χ4v) is 19.0. The van der Waals surface area contributed by atoms with Crippen molar-refractivity contribution in [1.82, 2.24) is 0 Å². The van der Waals surface area contributed by atoms with Crippen molar-refractivity contribution in [2.24, 2.45) is 21.9 Å². The molecule has 16 heteroatoms. The van der Waals surface area contributed by atoms with E-state index in [9.17, 15) is 15.1 Å². The van der Waals surface area contributed by atoms with Crippen molar-refractivity contribution >= 4 is 30.4 Å². The van der Waals surface area contributed by atoms with E-state index in [1.807, 2.05) is 158 Å². The lowest BCUT2D eigenvalue weighted by Crippen LogP contribution is -2.69. The molecule has 0 radical (unpaired) electrons. The number of benzene rings is 6. The number of hydrogen-bond acceptors (Lipinski definition) is 13. The standard InChI is InChI=1S/C71H83N3O12Si/c1-48(75)38-39-57(76)83-59-56(47-81-87(68(2,3)4,54-34-22-12-23-35-54)55-36-24-13-25-37-55)82-67(58(73-74-72)60(59)77-43-49-26-14-8-15-27-49)84-64-62(79-45-51-30-18-10-19-31-51)61(78-44-50-28-16-9-17-29-50)63(80-46-52-32-20-11-21-33-52)65-66(64)86-71(85-65)42-53-40-41-70(71,7)69(53,5)6/h8-37,53,56,58-67H,38-47H2,1-7H3/t53-,56+,58+,59+,60+,61-,62-,63+,64+,65+,66-,67+,70-,71?/m0/s1. The summed E-state index contributed by atoms with van der Waals surface area (Å²) >= 11 is 0. The highest BCUT2D eigenvalue weighted by molar-refractivity contribution is 6.99. The minimum Gasteiger partial charge on any atom is -0.457 e. The van der Waals surface area contributed by atoms with E-state index in [-0.39, 0.29) is 57.1 Å². The number of fused-ring (bicyclic) bond motifs is 4. The Morgan fingerprint density at radius 3 is 1.46 bits per heavy atom. The van der Waals surface area contributed by atoms with Crippen molar-refractivity contribution in [3.05, 3.63) is 215 Å². The lowest BCUT2D eigenvalue weighted by molar-refractivity contribution is -0.324. The monoisotopic (exact) mass is 1200 g/mol. The van der Waals surface area contributed by atoms with Gasteiger partial charge in [0.1, 0.15) is 60.7 Å². The van der Waals surface area contributed by atoms with Gasteiger partial charge in [-0.05, 0) is 74.3 Å². The molecule has 3 aliphatic carbocycles. The Kier molecular flexibility index (Phi) is 19.1.